The Morgan fingerprint density at radius 3 is 2.77 bits per heavy atom. The second kappa shape index (κ2) is 5.66. The third-order valence-corrected chi connectivity index (χ3v) is 6.13. The average molecular weight is 387 g/mol. The van der Waals surface area contributed by atoms with Gasteiger partial charge in [-0.1, -0.05) is 0 Å². The minimum absolute atomic E-state index is 0.220. The van der Waals surface area contributed by atoms with E-state index < -0.39 is 5.69 Å². The molecule has 1 saturated carbocycles. The maximum Gasteiger partial charge on any atom is 0.329 e. The Kier molecular flexibility index (Phi) is 3.98. The van der Waals surface area contributed by atoms with Crippen molar-refractivity contribution in [3.05, 3.63) is 30.2 Å². The number of ether oxygens (including phenoxy) is 1. The average Bonchev–Trinajstić information content (AvgIpc) is 2.67. The number of H-pyrrole nitrogens is 1. The number of aromatic nitrogens is 2. The topological polar surface area (TPSA) is 81.2 Å². The Labute approximate surface area is 138 Å². The normalized spacial score (nSPS) is 20.9. The molecule has 1 N–H and O–H groups in total. The number of hydrogen-bond acceptors (Lipinski definition) is 5. The smallest absolute Gasteiger partial charge is 0.329 e. The summed E-state index contributed by atoms with van der Waals surface area (Å²) >= 11 is 4.73. The number of aromatic amines is 1. The molecule has 8 heteroatoms. The summed E-state index contributed by atoms with van der Waals surface area (Å²) in [5.74, 6) is -0.471. The van der Waals surface area contributed by atoms with Crippen LogP contribution in [-0.2, 0) is 9.53 Å². The number of fused-ring (bicyclic) bond motifs is 1. The van der Waals surface area contributed by atoms with Gasteiger partial charge in [-0.25, -0.2) is 4.79 Å². The second-order valence-electron chi connectivity index (χ2n) is 5.38. The van der Waals surface area contributed by atoms with Crippen LogP contribution < -0.4 is 11.2 Å². The van der Waals surface area contributed by atoms with E-state index in [1.54, 1.807) is 6.92 Å². The van der Waals surface area contributed by atoms with Crippen LogP contribution in [0.1, 0.15) is 31.4 Å². The molecular formula is C14H15BrN2O4S. The molecular weight excluding hydrogens is 372 g/mol. The zero-order valence-corrected chi connectivity index (χ0v) is 14.5. The Bertz CT molecular complexity index is 860. The van der Waals surface area contributed by atoms with Gasteiger partial charge < -0.3 is 4.74 Å². The van der Waals surface area contributed by atoms with Crippen molar-refractivity contribution in [1.29, 1.82) is 0 Å². The van der Waals surface area contributed by atoms with E-state index in [0.717, 1.165) is 9.35 Å². The number of hydrogen-bond donors (Lipinski definition) is 1. The van der Waals surface area contributed by atoms with Crippen LogP contribution in [0.25, 0.3) is 10.2 Å². The molecule has 2 aromatic rings. The maximum absolute atomic E-state index is 12.6. The van der Waals surface area contributed by atoms with Crippen molar-refractivity contribution in [3.8, 4) is 0 Å². The first-order chi connectivity index (χ1) is 10.4. The number of halogens is 1. The molecule has 2 heterocycles. The molecule has 0 radical (unpaired) electrons. The quantitative estimate of drug-likeness (QED) is 0.820. The van der Waals surface area contributed by atoms with Crippen LogP contribution in [0, 0.1) is 12.8 Å². The second-order valence-corrected chi connectivity index (χ2v) is 7.72. The van der Waals surface area contributed by atoms with E-state index in [2.05, 4.69) is 20.9 Å². The molecule has 22 heavy (non-hydrogen) atoms. The Hall–Kier alpha value is -1.41. The number of nitrogens with one attached hydrogen (secondary N) is 1. The van der Waals surface area contributed by atoms with Gasteiger partial charge in [-0.2, -0.15) is 0 Å². The van der Waals surface area contributed by atoms with Crippen molar-refractivity contribution in [1.82, 2.24) is 9.55 Å². The molecule has 1 fully saturated rings. The molecule has 0 unspecified atom stereocenters. The SMILES string of the molecule is CCOC(=O)C1CC(n2c(=O)[nH]c3sc(Br)c(C)c3c2=O)C1. The van der Waals surface area contributed by atoms with Crippen molar-refractivity contribution in [3.63, 3.8) is 0 Å². The Balaban J connectivity index is 1.96. The summed E-state index contributed by atoms with van der Waals surface area (Å²) in [5.41, 5.74) is 0.125. The molecule has 0 saturated heterocycles. The van der Waals surface area contributed by atoms with E-state index in [4.69, 9.17) is 4.74 Å². The lowest BCUT2D eigenvalue weighted by Gasteiger charge is -2.33. The number of nitrogens with zero attached hydrogens (tertiary/aromatic N) is 1. The molecule has 0 bridgehead atoms. The zero-order chi connectivity index (χ0) is 16.0. The minimum Gasteiger partial charge on any atom is -0.466 e. The minimum atomic E-state index is -0.418. The van der Waals surface area contributed by atoms with Gasteiger partial charge in [0.15, 0.2) is 0 Å². The predicted molar refractivity (Wildman–Crippen MR) is 87.5 cm³/mol. The van der Waals surface area contributed by atoms with E-state index in [1.165, 1.54) is 15.9 Å². The number of thiophene rings is 1. The molecule has 2 aromatic heterocycles. The molecule has 0 atom stereocenters. The summed E-state index contributed by atoms with van der Waals surface area (Å²) in [4.78, 5) is 39.8. The lowest BCUT2D eigenvalue weighted by molar-refractivity contribution is -0.152. The van der Waals surface area contributed by atoms with Gasteiger partial charge in [0.1, 0.15) is 4.83 Å². The Morgan fingerprint density at radius 1 is 1.45 bits per heavy atom. The fourth-order valence-corrected chi connectivity index (χ4v) is 4.38. The summed E-state index contributed by atoms with van der Waals surface area (Å²) in [6.45, 7) is 3.94. The molecule has 3 rings (SSSR count). The highest BCUT2D eigenvalue weighted by Gasteiger charge is 2.38. The highest BCUT2D eigenvalue weighted by atomic mass is 79.9. The largest absolute Gasteiger partial charge is 0.466 e. The van der Waals surface area contributed by atoms with E-state index in [0.29, 0.717) is 29.7 Å². The first-order valence-corrected chi connectivity index (χ1v) is 8.65. The molecule has 6 nitrogen and oxygen atoms in total. The predicted octanol–water partition coefficient (Wildman–Crippen LogP) is 2.34. The van der Waals surface area contributed by atoms with Crippen LogP contribution >= 0.6 is 27.3 Å². The van der Waals surface area contributed by atoms with Crippen molar-refractivity contribution in [2.24, 2.45) is 5.92 Å². The summed E-state index contributed by atoms with van der Waals surface area (Å²) in [6.07, 6.45) is 0.940. The summed E-state index contributed by atoms with van der Waals surface area (Å²) in [5, 5.41) is 0.538. The van der Waals surface area contributed by atoms with Crippen molar-refractivity contribution in [2.45, 2.75) is 32.7 Å². The molecule has 118 valence electrons. The summed E-state index contributed by atoms with van der Waals surface area (Å²) < 4.78 is 7.05. The van der Waals surface area contributed by atoms with Gasteiger partial charge in [-0.15, -0.1) is 11.3 Å². The highest BCUT2D eigenvalue weighted by Crippen LogP contribution is 2.38. The van der Waals surface area contributed by atoms with Crippen LogP contribution in [-0.4, -0.2) is 22.1 Å². The number of carbonyl (C=O) groups excluding carboxylic acids is 1. The van der Waals surface area contributed by atoms with Crippen molar-refractivity contribution in [2.75, 3.05) is 6.61 Å². The van der Waals surface area contributed by atoms with E-state index in [9.17, 15) is 14.4 Å². The van der Waals surface area contributed by atoms with Gasteiger partial charge in [0, 0.05) is 6.04 Å². The summed E-state index contributed by atoms with van der Waals surface area (Å²) in [6, 6.07) is -0.242. The Morgan fingerprint density at radius 2 is 2.14 bits per heavy atom. The van der Waals surface area contributed by atoms with Crippen LogP contribution in [0.15, 0.2) is 13.4 Å². The molecule has 0 aliphatic heterocycles. The van der Waals surface area contributed by atoms with Gasteiger partial charge in [-0.05, 0) is 48.2 Å². The number of aryl methyl sites for hydroxylation is 1. The molecule has 1 aliphatic carbocycles. The number of esters is 1. The van der Waals surface area contributed by atoms with Gasteiger partial charge >= 0.3 is 11.7 Å². The van der Waals surface area contributed by atoms with Crippen molar-refractivity contribution >= 4 is 43.5 Å². The molecule has 1 aliphatic rings. The van der Waals surface area contributed by atoms with Gasteiger partial charge in [-0.3, -0.25) is 19.1 Å². The van der Waals surface area contributed by atoms with E-state index >= 15 is 0 Å². The zero-order valence-electron chi connectivity index (χ0n) is 12.1. The lowest BCUT2D eigenvalue weighted by atomic mass is 9.80. The molecule has 0 spiro atoms. The molecule has 0 amide bonds. The fourth-order valence-electron chi connectivity index (χ4n) is 2.78. The maximum atomic E-state index is 12.6. The van der Waals surface area contributed by atoms with Gasteiger partial charge in [0.25, 0.3) is 5.56 Å². The van der Waals surface area contributed by atoms with E-state index in [-0.39, 0.29) is 23.5 Å². The van der Waals surface area contributed by atoms with E-state index in [1.807, 2.05) is 6.92 Å². The highest BCUT2D eigenvalue weighted by molar-refractivity contribution is 9.11. The standard InChI is InChI=1S/C14H15BrN2O4S/c1-3-21-13(19)7-4-8(5-7)17-12(18)9-6(2)10(15)22-11(9)16-14(17)20/h7-8H,3-5H2,1-2H3,(H,16,20). The molecule has 0 aromatic carbocycles. The monoisotopic (exact) mass is 386 g/mol. The number of carbonyl (C=O) groups is 1. The number of rotatable bonds is 3. The van der Waals surface area contributed by atoms with Crippen LogP contribution in [0.5, 0.6) is 0 Å². The fraction of sp³-hybridized carbons (Fsp3) is 0.500. The van der Waals surface area contributed by atoms with Crippen LogP contribution in [0.4, 0.5) is 0 Å². The van der Waals surface area contributed by atoms with Crippen LogP contribution in [0.3, 0.4) is 0 Å². The summed E-state index contributed by atoms with van der Waals surface area (Å²) in [7, 11) is 0. The first-order valence-electron chi connectivity index (χ1n) is 7.04. The third-order valence-electron chi connectivity index (χ3n) is 4.06. The van der Waals surface area contributed by atoms with Crippen LogP contribution in [0.2, 0.25) is 0 Å². The van der Waals surface area contributed by atoms with Crippen molar-refractivity contribution < 1.29 is 9.53 Å². The van der Waals surface area contributed by atoms with Gasteiger partial charge in [0.05, 0.1) is 21.7 Å². The third kappa shape index (κ3) is 2.34. The first kappa shape index (κ1) is 15.5. The van der Waals surface area contributed by atoms with Gasteiger partial charge in [0.2, 0.25) is 0 Å². The lowest BCUT2D eigenvalue weighted by Crippen LogP contribution is -2.44.